The Morgan fingerprint density at radius 1 is 1.33 bits per heavy atom. The summed E-state index contributed by atoms with van der Waals surface area (Å²) in [6, 6.07) is 4.06. The average molecular weight is 228 g/mol. The molecule has 0 saturated carbocycles. The number of halogens is 1. The summed E-state index contributed by atoms with van der Waals surface area (Å²) in [6.45, 7) is 1.76. The molecule has 3 amide bonds. The van der Waals surface area contributed by atoms with Crippen LogP contribution in [0.4, 0.5) is 4.79 Å². The van der Waals surface area contributed by atoms with E-state index in [0.29, 0.717) is 10.6 Å². The molecule has 0 fully saturated rings. The molecule has 0 aliphatic rings. The highest BCUT2D eigenvalue weighted by Gasteiger charge is 2.09. The lowest BCUT2D eigenvalue weighted by atomic mass is 10.1. The number of nitrogens with two attached hydrogens (primary N) is 1. The van der Waals surface area contributed by atoms with Crippen molar-refractivity contribution in [2.45, 2.75) is 6.92 Å². The average Bonchev–Trinajstić information content (AvgIpc) is 2.18. The summed E-state index contributed by atoms with van der Waals surface area (Å²) in [5, 5.41) is 0.449. The number of nitrogens with one attached hydrogen (secondary N) is 2. The van der Waals surface area contributed by atoms with E-state index in [-0.39, 0.29) is 0 Å². The molecule has 0 unspecified atom stereocenters. The zero-order chi connectivity index (χ0) is 11.4. The van der Waals surface area contributed by atoms with Crippen LogP contribution in [-0.2, 0) is 0 Å². The van der Waals surface area contributed by atoms with Gasteiger partial charge in [-0.15, -0.1) is 0 Å². The maximum atomic E-state index is 11.5. The van der Waals surface area contributed by atoms with Gasteiger partial charge in [0, 0.05) is 10.6 Å². The molecule has 0 saturated heterocycles. The molecular formula is C9H10ClN3O2. The number of carbonyl (C=O) groups excluding carboxylic acids is 2. The minimum absolute atomic E-state index is 0.385. The van der Waals surface area contributed by atoms with E-state index < -0.39 is 11.9 Å². The number of urea groups is 1. The van der Waals surface area contributed by atoms with Crippen LogP contribution in [0.5, 0.6) is 0 Å². The fourth-order valence-corrected chi connectivity index (χ4v) is 1.20. The highest BCUT2D eigenvalue weighted by atomic mass is 35.5. The van der Waals surface area contributed by atoms with Crippen molar-refractivity contribution in [3.05, 3.63) is 34.3 Å². The Labute approximate surface area is 91.6 Å². The number of amides is 3. The lowest BCUT2D eigenvalue weighted by Crippen LogP contribution is -2.44. The van der Waals surface area contributed by atoms with Crippen LogP contribution < -0.4 is 16.6 Å². The molecule has 6 heteroatoms. The molecule has 5 nitrogen and oxygen atoms in total. The Hall–Kier alpha value is -1.75. The number of rotatable bonds is 1. The van der Waals surface area contributed by atoms with E-state index in [1.807, 2.05) is 5.43 Å². The Bertz CT molecular complexity index is 406. The molecule has 0 aliphatic carbocycles. The number of aryl methyl sites for hydroxylation is 1. The summed E-state index contributed by atoms with van der Waals surface area (Å²) in [4.78, 5) is 21.8. The molecule has 0 spiro atoms. The first-order chi connectivity index (χ1) is 7.00. The third-order valence-electron chi connectivity index (χ3n) is 1.74. The second kappa shape index (κ2) is 4.65. The first-order valence-corrected chi connectivity index (χ1v) is 4.50. The summed E-state index contributed by atoms with van der Waals surface area (Å²) in [5.74, 6) is -0.464. The highest BCUT2D eigenvalue weighted by Crippen LogP contribution is 2.14. The summed E-state index contributed by atoms with van der Waals surface area (Å²) < 4.78 is 0. The Morgan fingerprint density at radius 2 is 2.00 bits per heavy atom. The van der Waals surface area contributed by atoms with Gasteiger partial charge in [0.1, 0.15) is 0 Å². The second-order valence-corrected chi connectivity index (χ2v) is 3.34. The lowest BCUT2D eigenvalue weighted by molar-refractivity contribution is 0.0936. The van der Waals surface area contributed by atoms with Crippen LogP contribution in [0.15, 0.2) is 18.2 Å². The van der Waals surface area contributed by atoms with Gasteiger partial charge in [0.05, 0.1) is 0 Å². The molecule has 15 heavy (non-hydrogen) atoms. The van der Waals surface area contributed by atoms with Gasteiger partial charge < -0.3 is 5.73 Å². The van der Waals surface area contributed by atoms with Crippen LogP contribution in [0.3, 0.4) is 0 Å². The quantitative estimate of drug-likeness (QED) is 0.625. The van der Waals surface area contributed by atoms with Crippen LogP contribution in [-0.4, -0.2) is 11.9 Å². The minimum atomic E-state index is -0.831. The summed E-state index contributed by atoms with van der Waals surface area (Å²) >= 11 is 5.73. The van der Waals surface area contributed by atoms with Crippen LogP contribution in [0.25, 0.3) is 0 Å². The third-order valence-corrected chi connectivity index (χ3v) is 1.98. The molecule has 1 aromatic carbocycles. The van der Waals surface area contributed by atoms with Crippen molar-refractivity contribution in [2.24, 2.45) is 5.73 Å². The van der Waals surface area contributed by atoms with Gasteiger partial charge >= 0.3 is 6.03 Å². The van der Waals surface area contributed by atoms with Crippen molar-refractivity contribution < 1.29 is 9.59 Å². The standard InChI is InChI=1S/C9H10ClN3O2/c1-5-2-3-6(10)4-7(5)8(14)12-13-9(11)15/h2-4H,1H3,(H,12,14)(H3,11,13,15). The summed E-state index contributed by atoms with van der Waals surface area (Å²) in [7, 11) is 0. The van der Waals surface area contributed by atoms with Crippen molar-refractivity contribution in [3.63, 3.8) is 0 Å². The van der Waals surface area contributed by atoms with Crippen LogP contribution in [0.1, 0.15) is 15.9 Å². The van der Waals surface area contributed by atoms with Crippen LogP contribution in [0.2, 0.25) is 5.02 Å². The van der Waals surface area contributed by atoms with Gasteiger partial charge in [-0.3, -0.25) is 10.2 Å². The largest absolute Gasteiger partial charge is 0.350 e. The van der Waals surface area contributed by atoms with E-state index in [1.54, 1.807) is 19.1 Å². The van der Waals surface area contributed by atoms with Crippen molar-refractivity contribution >= 4 is 23.5 Å². The number of hydrogen-bond acceptors (Lipinski definition) is 2. The molecule has 0 bridgehead atoms. The van der Waals surface area contributed by atoms with E-state index in [9.17, 15) is 9.59 Å². The maximum absolute atomic E-state index is 11.5. The normalized spacial score (nSPS) is 9.47. The van der Waals surface area contributed by atoms with E-state index in [0.717, 1.165) is 5.56 Å². The van der Waals surface area contributed by atoms with Gasteiger partial charge in [0.15, 0.2) is 0 Å². The van der Waals surface area contributed by atoms with Gasteiger partial charge in [0.25, 0.3) is 5.91 Å². The molecule has 1 aromatic rings. The van der Waals surface area contributed by atoms with Crippen molar-refractivity contribution in [3.8, 4) is 0 Å². The zero-order valence-electron chi connectivity index (χ0n) is 8.00. The van der Waals surface area contributed by atoms with Gasteiger partial charge in [0.2, 0.25) is 0 Å². The van der Waals surface area contributed by atoms with Crippen molar-refractivity contribution in [1.29, 1.82) is 0 Å². The van der Waals surface area contributed by atoms with E-state index >= 15 is 0 Å². The van der Waals surface area contributed by atoms with E-state index in [2.05, 4.69) is 5.43 Å². The number of hydrazine groups is 1. The summed E-state index contributed by atoms with van der Waals surface area (Å²) in [6.07, 6.45) is 0. The van der Waals surface area contributed by atoms with Crippen LogP contribution in [0, 0.1) is 6.92 Å². The van der Waals surface area contributed by atoms with Crippen molar-refractivity contribution in [1.82, 2.24) is 10.9 Å². The lowest BCUT2D eigenvalue weighted by Gasteiger charge is -2.07. The zero-order valence-corrected chi connectivity index (χ0v) is 8.76. The monoisotopic (exact) mass is 227 g/mol. The summed E-state index contributed by atoms with van der Waals surface area (Å²) in [5.41, 5.74) is 10.1. The molecule has 0 heterocycles. The predicted octanol–water partition coefficient (Wildman–Crippen LogP) is 0.962. The molecule has 0 atom stereocenters. The van der Waals surface area contributed by atoms with Gasteiger partial charge in [-0.2, -0.15) is 0 Å². The van der Waals surface area contributed by atoms with Crippen LogP contribution >= 0.6 is 11.6 Å². The second-order valence-electron chi connectivity index (χ2n) is 2.90. The molecule has 0 aromatic heterocycles. The number of primary amides is 1. The number of hydrogen-bond donors (Lipinski definition) is 3. The highest BCUT2D eigenvalue weighted by molar-refractivity contribution is 6.31. The predicted molar refractivity (Wildman–Crippen MR) is 56.4 cm³/mol. The van der Waals surface area contributed by atoms with Gasteiger partial charge in [-0.05, 0) is 24.6 Å². The number of carbonyl (C=O) groups is 2. The molecular weight excluding hydrogens is 218 g/mol. The molecule has 1 rings (SSSR count). The molecule has 0 radical (unpaired) electrons. The Morgan fingerprint density at radius 3 is 2.60 bits per heavy atom. The Kier molecular flexibility index (Phi) is 3.51. The van der Waals surface area contributed by atoms with Crippen molar-refractivity contribution in [2.75, 3.05) is 0 Å². The fraction of sp³-hybridized carbons (Fsp3) is 0.111. The maximum Gasteiger partial charge on any atom is 0.330 e. The smallest absolute Gasteiger partial charge is 0.330 e. The topological polar surface area (TPSA) is 84.2 Å². The third kappa shape index (κ3) is 3.14. The fourth-order valence-electron chi connectivity index (χ4n) is 1.02. The first kappa shape index (κ1) is 11.3. The van der Waals surface area contributed by atoms with Gasteiger partial charge in [-0.1, -0.05) is 17.7 Å². The Balaban J connectivity index is 2.81. The SMILES string of the molecule is Cc1ccc(Cl)cc1C(=O)NNC(N)=O. The number of benzene rings is 1. The van der Waals surface area contributed by atoms with Gasteiger partial charge in [-0.25, -0.2) is 10.2 Å². The molecule has 4 N–H and O–H groups in total. The van der Waals surface area contributed by atoms with E-state index in [1.165, 1.54) is 6.07 Å². The van der Waals surface area contributed by atoms with E-state index in [4.69, 9.17) is 17.3 Å². The molecule has 80 valence electrons. The minimum Gasteiger partial charge on any atom is -0.350 e. The first-order valence-electron chi connectivity index (χ1n) is 4.12. The molecule has 0 aliphatic heterocycles.